The third-order valence-electron chi connectivity index (χ3n) is 3.19. The smallest absolute Gasteiger partial charge is 0.300 e. The fraction of sp³-hybridized carbons (Fsp3) is 0.800. The molecular weight excluding hydrogens is 324 g/mol. The van der Waals surface area contributed by atoms with E-state index in [1.165, 1.54) is 0 Å². The minimum absolute atomic E-state index is 0.0216. The highest BCUT2D eigenvalue weighted by atomic mass is 32.3. The van der Waals surface area contributed by atoms with Crippen molar-refractivity contribution >= 4 is 27.7 Å². The van der Waals surface area contributed by atoms with Crippen LogP contribution in [0.2, 0.25) is 0 Å². The molecule has 0 saturated heterocycles. The Morgan fingerprint density at radius 2 is 1.26 bits per heavy atom. The maximum atomic E-state index is 11.6. The minimum Gasteiger partial charge on any atom is -0.300 e. The predicted molar refractivity (Wildman–Crippen MR) is 84.1 cm³/mol. The van der Waals surface area contributed by atoms with E-state index in [1.54, 1.807) is 0 Å². The number of ketones is 3. The van der Waals surface area contributed by atoms with Crippen LogP contribution in [0.4, 0.5) is 0 Å². The topological polar surface area (TPSA) is 104 Å². The van der Waals surface area contributed by atoms with Crippen LogP contribution in [0.15, 0.2) is 0 Å². The number of unbranched alkanes of at least 4 members (excludes halogenated alkanes) is 1. The molecule has 0 bridgehead atoms. The molecule has 0 aliphatic heterocycles. The maximum Gasteiger partial charge on any atom is 0.399 e. The van der Waals surface area contributed by atoms with Crippen LogP contribution < -0.4 is 0 Å². The van der Waals surface area contributed by atoms with Gasteiger partial charge in [0, 0.05) is 38.5 Å². The van der Waals surface area contributed by atoms with Crippen molar-refractivity contribution in [3.8, 4) is 0 Å². The molecule has 0 aliphatic carbocycles. The first kappa shape index (κ1) is 21.9. The Hall–Kier alpha value is -1.12. The molecule has 0 atom stereocenters. The van der Waals surface area contributed by atoms with Crippen LogP contribution in [0.5, 0.6) is 0 Å². The van der Waals surface area contributed by atoms with Crippen LogP contribution in [-0.2, 0) is 33.1 Å². The van der Waals surface area contributed by atoms with Gasteiger partial charge in [-0.05, 0) is 19.3 Å². The highest BCUT2D eigenvalue weighted by molar-refractivity contribution is 7.81. The molecule has 0 aromatic rings. The second-order valence-electron chi connectivity index (χ2n) is 5.22. The SMILES string of the molecule is CCCC(=O)CCCCC(=O)CCC(=O)CCOS(=O)(=O)OC. The van der Waals surface area contributed by atoms with E-state index in [0.29, 0.717) is 32.1 Å². The van der Waals surface area contributed by atoms with Crippen molar-refractivity contribution < 1.29 is 31.2 Å². The Morgan fingerprint density at radius 1 is 0.783 bits per heavy atom. The van der Waals surface area contributed by atoms with E-state index >= 15 is 0 Å². The molecular formula is C15H26O7S. The number of hydrogen-bond acceptors (Lipinski definition) is 7. The molecule has 0 aromatic heterocycles. The number of Topliss-reactive ketones (excluding diaryl/α,β-unsaturated/α-hetero) is 3. The summed E-state index contributed by atoms with van der Waals surface area (Å²) in [6, 6.07) is 0. The zero-order valence-electron chi connectivity index (χ0n) is 13.8. The van der Waals surface area contributed by atoms with Crippen molar-refractivity contribution in [1.29, 1.82) is 0 Å². The van der Waals surface area contributed by atoms with Gasteiger partial charge < -0.3 is 0 Å². The van der Waals surface area contributed by atoms with Crippen LogP contribution in [0.25, 0.3) is 0 Å². The van der Waals surface area contributed by atoms with Gasteiger partial charge in [-0.15, -0.1) is 0 Å². The number of rotatable bonds is 15. The molecule has 0 aliphatic rings. The summed E-state index contributed by atoms with van der Waals surface area (Å²) in [5, 5.41) is 0. The van der Waals surface area contributed by atoms with Gasteiger partial charge in [0.2, 0.25) is 0 Å². The second-order valence-corrected chi connectivity index (χ2v) is 6.61. The molecule has 134 valence electrons. The summed E-state index contributed by atoms with van der Waals surface area (Å²) in [5.74, 6) is -0.0318. The molecule has 0 aromatic carbocycles. The van der Waals surface area contributed by atoms with Crippen LogP contribution in [0.1, 0.15) is 64.7 Å². The van der Waals surface area contributed by atoms with E-state index in [4.69, 9.17) is 0 Å². The summed E-state index contributed by atoms with van der Waals surface area (Å²) in [6.07, 6.45) is 3.77. The molecule has 0 unspecified atom stereocenters. The van der Waals surface area contributed by atoms with Gasteiger partial charge in [-0.1, -0.05) is 6.92 Å². The molecule has 0 rings (SSSR count). The zero-order chi connectivity index (χ0) is 17.7. The Balaban J connectivity index is 3.68. The summed E-state index contributed by atoms with van der Waals surface area (Å²) in [7, 11) is -3.06. The lowest BCUT2D eigenvalue weighted by molar-refractivity contribution is -0.124. The highest BCUT2D eigenvalue weighted by Crippen LogP contribution is 2.07. The summed E-state index contributed by atoms with van der Waals surface area (Å²) in [5.41, 5.74) is 0. The van der Waals surface area contributed by atoms with Gasteiger partial charge in [-0.3, -0.25) is 18.6 Å². The van der Waals surface area contributed by atoms with Crippen LogP contribution >= 0.6 is 0 Å². The Kier molecular flexibility index (Phi) is 11.7. The van der Waals surface area contributed by atoms with Crippen LogP contribution in [0.3, 0.4) is 0 Å². The third-order valence-corrected chi connectivity index (χ3v) is 4.05. The van der Waals surface area contributed by atoms with Gasteiger partial charge >= 0.3 is 10.4 Å². The molecule has 23 heavy (non-hydrogen) atoms. The van der Waals surface area contributed by atoms with E-state index < -0.39 is 10.4 Å². The molecule has 0 amide bonds. The number of carbonyl (C=O) groups excluding carboxylic acids is 3. The summed E-state index contributed by atoms with van der Waals surface area (Å²) in [4.78, 5) is 34.4. The Morgan fingerprint density at radius 3 is 1.74 bits per heavy atom. The van der Waals surface area contributed by atoms with Gasteiger partial charge in [0.1, 0.15) is 17.3 Å². The lowest BCUT2D eigenvalue weighted by atomic mass is 10.0. The molecule has 0 heterocycles. The van der Waals surface area contributed by atoms with Crippen LogP contribution in [0, 0.1) is 0 Å². The van der Waals surface area contributed by atoms with E-state index in [1.807, 2.05) is 6.92 Å². The van der Waals surface area contributed by atoms with Gasteiger partial charge in [0.15, 0.2) is 0 Å². The standard InChI is InChI=1S/C15H26O7S/c1-3-6-13(16)7-4-5-8-14(17)9-10-15(18)11-12-22-23(19,20)21-2/h3-12H2,1-2H3. The monoisotopic (exact) mass is 350 g/mol. The normalized spacial score (nSPS) is 11.4. The molecule has 0 fully saturated rings. The highest BCUT2D eigenvalue weighted by Gasteiger charge is 2.12. The molecule has 0 N–H and O–H groups in total. The van der Waals surface area contributed by atoms with Gasteiger partial charge in [-0.25, -0.2) is 4.18 Å². The summed E-state index contributed by atoms with van der Waals surface area (Å²) in [6.45, 7) is 1.66. The van der Waals surface area contributed by atoms with E-state index in [0.717, 1.165) is 13.5 Å². The minimum atomic E-state index is -4.02. The summed E-state index contributed by atoms with van der Waals surface area (Å²) < 4.78 is 30.2. The Labute approximate surface area is 138 Å². The average Bonchev–Trinajstić information content (AvgIpc) is 2.49. The van der Waals surface area contributed by atoms with Gasteiger partial charge in [0.05, 0.1) is 13.7 Å². The van der Waals surface area contributed by atoms with Gasteiger partial charge in [0.25, 0.3) is 0 Å². The third kappa shape index (κ3) is 13.1. The predicted octanol–water partition coefficient (Wildman–Crippen LogP) is 2.13. The Bertz CT molecular complexity index is 482. The first-order valence-electron chi connectivity index (χ1n) is 7.80. The molecule has 0 spiro atoms. The average molecular weight is 350 g/mol. The maximum absolute atomic E-state index is 11.6. The fourth-order valence-electron chi connectivity index (χ4n) is 1.88. The molecule has 7 nitrogen and oxygen atoms in total. The van der Waals surface area contributed by atoms with Crippen LogP contribution in [-0.4, -0.2) is 39.5 Å². The lowest BCUT2D eigenvalue weighted by Crippen LogP contribution is -2.12. The van der Waals surface area contributed by atoms with Crippen molar-refractivity contribution in [1.82, 2.24) is 0 Å². The molecule has 0 radical (unpaired) electrons. The van der Waals surface area contributed by atoms with Crippen molar-refractivity contribution in [2.45, 2.75) is 64.7 Å². The first-order valence-corrected chi connectivity index (χ1v) is 9.14. The largest absolute Gasteiger partial charge is 0.399 e. The number of hydrogen-bond donors (Lipinski definition) is 0. The van der Waals surface area contributed by atoms with Crippen molar-refractivity contribution in [3.05, 3.63) is 0 Å². The first-order chi connectivity index (χ1) is 10.8. The fourth-order valence-corrected chi connectivity index (χ4v) is 2.27. The number of carbonyl (C=O) groups is 3. The van der Waals surface area contributed by atoms with Gasteiger partial charge in [-0.2, -0.15) is 8.42 Å². The lowest BCUT2D eigenvalue weighted by Gasteiger charge is -2.03. The van der Waals surface area contributed by atoms with Crippen molar-refractivity contribution in [3.63, 3.8) is 0 Å². The quantitative estimate of drug-likeness (QED) is 0.417. The van der Waals surface area contributed by atoms with E-state index in [-0.39, 0.29) is 43.2 Å². The second kappa shape index (κ2) is 12.3. The zero-order valence-corrected chi connectivity index (χ0v) is 14.7. The van der Waals surface area contributed by atoms with E-state index in [9.17, 15) is 22.8 Å². The van der Waals surface area contributed by atoms with Crippen molar-refractivity contribution in [2.24, 2.45) is 0 Å². The summed E-state index contributed by atoms with van der Waals surface area (Å²) >= 11 is 0. The van der Waals surface area contributed by atoms with Crippen molar-refractivity contribution in [2.75, 3.05) is 13.7 Å². The van der Waals surface area contributed by atoms with E-state index in [2.05, 4.69) is 8.37 Å². The molecule has 0 saturated carbocycles. The molecule has 8 heteroatoms.